The number of carbonyl (C=O) groups excluding carboxylic acids is 2. The summed E-state index contributed by atoms with van der Waals surface area (Å²) in [5, 5.41) is 6.15. The molecule has 0 aromatic heterocycles. The van der Waals surface area contributed by atoms with Crippen LogP contribution in [0.25, 0.3) is 6.08 Å². The molecule has 1 atom stereocenters. The van der Waals surface area contributed by atoms with Crippen molar-refractivity contribution in [2.24, 2.45) is 11.0 Å². The third-order valence-electron chi connectivity index (χ3n) is 3.73. The maximum Gasteiger partial charge on any atom is 0.264 e. The van der Waals surface area contributed by atoms with Gasteiger partial charge in [0.1, 0.15) is 5.92 Å². The van der Waals surface area contributed by atoms with Crippen LogP contribution >= 0.6 is 11.6 Å². The number of hydrazone groups is 1. The van der Waals surface area contributed by atoms with E-state index in [-0.39, 0.29) is 11.7 Å². The van der Waals surface area contributed by atoms with Crippen molar-refractivity contribution in [2.45, 2.75) is 6.92 Å². The molecule has 3 rings (SSSR count). The number of para-hydroxylation sites is 1. The Hall–Kier alpha value is -2.72. The Morgan fingerprint density at radius 1 is 1.12 bits per heavy atom. The Balaban J connectivity index is 1.77. The van der Waals surface area contributed by atoms with Crippen molar-refractivity contribution in [3.63, 3.8) is 0 Å². The number of amides is 1. The highest BCUT2D eigenvalue weighted by Crippen LogP contribution is 2.24. The molecule has 1 heterocycles. The lowest BCUT2D eigenvalue weighted by molar-refractivity contribution is -0.126. The van der Waals surface area contributed by atoms with Crippen molar-refractivity contribution in [3.8, 4) is 0 Å². The predicted molar refractivity (Wildman–Crippen MR) is 96.0 cm³/mol. The van der Waals surface area contributed by atoms with Gasteiger partial charge in [0, 0.05) is 5.02 Å². The predicted octanol–water partition coefficient (Wildman–Crippen LogP) is 3.96. The molecule has 1 aliphatic rings. The van der Waals surface area contributed by atoms with Crippen molar-refractivity contribution in [2.75, 3.05) is 5.01 Å². The molecule has 24 heavy (non-hydrogen) atoms. The van der Waals surface area contributed by atoms with E-state index in [4.69, 9.17) is 11.6 Å². The number of halogens is 1. The third kappa shape index (κ3) is 3.29. The lowest BCUT2D eigenvalue weighted by Gasteiger charge is -2.12. The van der Waals surface area contributed by atoms with Gasteiger partial charge in [-0.3, -0.25) is 9.59 Å². The summed E-state index contributed by atoms with van der Waals surface area (Å²) in [5.74, 6) is -1.48. The zero-order valence-corrected chi connectivity index (χ0v) is 13.8. The summed E-state index contributed by atoms with van der Waals surface area (Å²) in [7, 11) is 0. The van der Waals surface area contributed by atoms with Crippen molar-refractivity contribution in [1.29, 1.82) is 0 Å². The highest BCUT2D eigenvalue weighted by molar-refractivity contribution is 6.30. The number of hydrogen-bond donors (Lipinski definition) is 0. The van der Waals surface area contributed by atoms with Crippen LogP contribution < -0.4 is 5.01 Å². The Bertz CT molecular complexity index is 826. The van der Waals surface area contributed by atoms with Gasteiger partial charge in [0.25, 0.3) is 5.91 Å². The second kappa shape index (κ2) is 6.81. The highest BCUT2D eigenvalue weighted by Gasteiger charge is 2.38. The van der Waals surface area contributed by atoms with E-state index in [0.717, 1.165) is 5.56 Å². The van der Waals surface area contributed by atoms with E-state index in [9.17, 15) is 9.59 Å². The van der Waals surface area contributed by atoms with E-state index >= 15 is 0 Å². The molecule has 4 nitrogen and oxygen atoms in total. The Labute approximate surface area is 145 Å². The third-order valence-corrected chi connectivity index (χ3v) is 3.98. The van der Waals surface area contributed by atoms with Gasteiger partial charge in [-0.2, -0.15) is 10.1 Å². The number of benzene rings is 2. The molecule has 1 unspecified atom stereocenters. The van der Waals surface area contributed by atoms with Crippen LogP contribution in [0.15, 0.2) is 65.8 Å². The fraction of sp³-hybridized carbons (Fsp3) is 0.105. The largest absolute Gasteiger partial charge is 0.294 e. The molecule has 1 aliphatic heterocycles. The summed E-state index contributed by atoms with van der Waals surface area (Å²) >= 11 is 5.83. The first-order valence-electron chi connectivity index (χ1n) is 7.48. The van der Waals surface area contributed by atoms with E-state index in [1.54, 1.807) is 49.4 Å². The highest BCUT2D eigenvalue weighted by atomic mass is 35.5. The van der Waals surface area contributed by atoms with E-state index in [1.165, 1.54) is 11.1 Å². The van der Waals surface area contributed by atoms with Gasteiger partial charge < -0.3 is 0 Å². The molecule has 0 saturated heterocycles. The van der Waals surface area contributed by atoms with Gasteiger partial charge in [0.15, 0.2) is 5.78 Å². The van der Waals surface area contributed by atoms with Crippen LogP contribution in [0.4, 0.5) is 5.69 Å². The maximum atomic E-state index is 12.6. The zero-order valence-electron chi connectivity index (χ0n) is 13.0. The molecule has 0 bridgehead atoms. The van der Waals surface area contributed by atoms with Crippen LogP contribution in [0.5, 0.6) is 0 Å². The Morgan fingerprint density at radius 3 is 2.46 bits per heavy atom. The lowest BCUT2D eigenvalue weighted by Crippen LogP contribution is -2.31. The number of rotatable bonds is 4. The molecule has 1 amide bonds. The molecule has 0 saturated carbocycles. The molecule has 0 spiro atoms. The molecule has 2 aromatic rings. The van der Waals surface area contributed by atoms with Crippen LogP contribution in [0.1, 0.15) is 12.5 Å². The van der Waals surface area contributed by atoms with Gasteiger partial charge in [0.2, 0.25) is 0 Å². The minimum atomic E-state index is -0.867. The van der Waals surface area contributed by atoms with Crippen LogP contribution in [0.3, 0.4) is 0 Å². The molecule has 2 aromatic carbocycles. The number of allylic oxidation sites excluding steroid dienone is 1. The molecule has 120 valence electrons. The standard InChI is InChI=1S/C19H15ClN2O2/c1-13-18(17(23)12-9-14-7-10-15(20)11-8-14)19(24)22(21-13)16-5-3-2-4-6-16/h2-12,18H,1H3/b12-9+. The molecule has 0 fully saturated rings. The first-order valence-corrected chi connectivity index (χ1v) is 7.85. The van der Waals surface area contributed by atoms with Gasteiger partial charge in [-0.05, 0) is 42.8 Å². The quantitative estimate of drug-likeness (QED) is 0.625. The summed E-state index contributed by atoms with van der Waals surface area (Å²) in [6, 6.07) is 16.2. The number of anilines is 1. The average molecular weight is 339 g/mol. The summed E-state index contributed by atoms with van der Waals surface area (Å²) in [5.41, 5.74) is 1.99. The van der Waals surface area contributed by atoms with E-state index in [1.807, 2.05) is 18.2 Å². The number of hydrogen-bond acceptors (Lipinski definition) is 3. The molecular weight excluding hydrogens is 324 g/mol. The van der Waals surface area contributed by atoms with Gasteiger partial charge in [-0.1, -0.05) is 48.0 Å². The Morgan fingerprint density at radius 2 is 1.79 bits per heavy atom. The van der Waals surface area contributed by atoms with Crippen LogP contribution in [0, 0.1) is 5.92 Å². The van der Waals surface area contributed by atoms with Crippen molar-refractivity contribution >= 4 is 40.8 Å². The first kappa shape index (κ1) is 16.1. The number of nitrogens with zero attached hydrogens (tertiary/aromatic N) is 2. The smallest absolute Gasteiger partial charge is 0.264 e. The van der Waals surface area contributed by atoms with Gasteiger partial charge in [-0.25, -0.2) is 0 Å². The molecule has 0 radical (unpaired) electrons. The van der Waals surface area contributed by atoms with E-state index in [2.05, 4.69) is 5.10 Å². The normalized spacial score (nSPS) is 17.4. The molecule has 0 N–H and O–H groups in total. The summed E-state index contributed by atoms with van der Waals surface area (Å²) in [6.07, 6.45) is 3.09. The lowest BCUT2D eigenvalue weighted by atomic mass is 9.98. The fourth-order valence-electron chi connectivity index (χ4n) is 2.50. The zero-order chi connectivity index (χ0) is 17.1. The maximum absolute atomic E-state index is 12.6. The van der Waals surface area contributed by atoms with E-state index in [0.29, 0.717) is 16.4 Å². The van der Waals surface area contributed by atoms with Gasteiger partial charge >= 0.3 is 0 Å². The van der Waals surface area contributed by atoms with Crippen LogP contribution in [-0.4, -0.2) is 17.4 Å². The molecular formula is C19H15ClN2O2. The second-order valence-electron chi connectivity index (χ2n) is 5.45. The number of carbonyl (C=O) groups is 2. The monoisotopic (exact) mass is 338 g/mol. The second-order valence-corrected chi connectivity index (χ2v) is 5.88. The topological polar surface area (TPSA) is 49.7 Å². The van der Waals surface area contributed by atoms with Crippen LogP contribution in [0.2, 0.25) is 5.02 Å². The van der Waals surface area contributed by atoms with E-state index < -0.39 is 5.92 Å². The minimum absolute atomic E-state index is 0.283. The molecule has 0 aliphatic carbocycles. The van der Waals surface area contributed by atoms with Crippen molar-refractivity contribution in [3.05, 3.63) is 71.3 Å². The summed E-state index contributed by atoms with van der Waals surface area (Å²) < 4.78 is 0. The van der Waals surface area contributed by atoms with Crippen molar-refractivity contribution < 1.29 is 9.59 Å². The van der Waals surface area contributed by atoms with Gasteiger partial charge in [0.05, 0.1) is 11.4 Å². The Kier molecular flexibility index (Phi) is 4.58. The minimum Gasteiger partial charge on any atom is -0.294 e. The number of ketones is 1. The molecule has 5 heteroatoms. The summed E-state index contributed by atoms with van der Waals surface area (Å²) in [4.78, 5) is 25.0. The van der Waals surface area contributed by atoms with Gasteiger partial charge in [-0.15, -0.1) is 0 Å². The summed E-state index contributed by atoms with van der Waals surface area (Å²) in [6.45, 7) is 1.69. The van der Waals surface area contributed by atoms with Crippen molar-refractivity contribution in [1.82, 2.24) is 0 Å². The fourth-order valence-corrected chi connectivity index (χ4v) is 2.62. The average Bonchev–Trinajstić information content (AvgIpc) is 2.89. The SMILES string of the molecule is CC1=NN(c2ccccc2)C(=O)C1C(=O)/C=C/c1ccc(Cl)cc1. The first-order chi connectivity index (χ1) is 11.6. The van der Waals surface area contributed by atoms with Crippen LogP contribution in [-0.2, 0) is 9.59 Å².